The summed E-state index contributed by atoms with van der Waals surface area (Å²) >= 11 is 0. The number of likely N-dealkylation sites (tertiary alicyclic amines) is 1. The molecule has 52 heavy (non-hydrogen) atoms. The van der Waals surface area contributed by atoms with E-state index in [1.807, 2.05) is 58.0 Å². The smallest absolute Gasteiger partial charge is 0.328 e. The van der Waals surface area contributed by atoms with Crippen molar-refractivity contribution in [3.8, 4) is 0 Å². The molecule has 13 nitrogen and oxygen atoms in total. The summed E-state index contributed by atoms with van der Waals surface area (Å²) < 4.78 is 16.9. The van der Waals surface area contributed by atoms with Crippen LogP contribution in [0, 0.1) is 23.7 Å². The number of nitrogens with zero attached hydrogens (tertiary/aromatic N) is 3. The number of aliphatic imine (C=N–C) groups is 1. The van der Waals surface area contributed by atoms with Gasteiger partial charge in [0.1, 0.15) is 6.04 Å². The first-order valence-corrected chi connectivity index (χ1v) is 18.3. The number of hydrogen-bond acceptors (Lipinski definition) is 9. The van der Waals surface area contributed by atoms with Crippen LogP contribution in [0.25, 0.3) is 0 Å². The topological polar surface area (TPSA) is 170 Å². The van der Waals surface area contributed by atoms with Crippen molar-refractivity contribution < 1.29 is 38.2 Å². The molecule has 0 spiro atoms. The van der Waals surface area contributed by atoms with Crippen LogP contribution in [0.4, 0.5) is 0 Å². The summed E-state index contributed by atoms with van der Waals surface area (Å²) in [6, 6.07) is 7.60. The predicted molar refractivity (Wildman–Crippen MR) is 200 cm³/mol. The number of esters is 1. The summed E-state index contributed by atoms with van der Waals surface area (Å²) in [6.07, 6.45) is 2.42. The predicted octanol–water partition coefficient (Wildman–Crippen LogP) is 3.41. The van der Waals surface area contributed by atoms with Crippen LogP contribution in [-0.2, 0) is 44.6 Å². The lowest BCUT2D eigenvalue weighted by atomic mass is 9.88. The lowest BCUT2D eigenvalue weighted by Gasteiger charge is -2.40. The highest BCUT2D eigenvalue weighted by molar-refractivity contribution is 5.99. The van der Waals surface area contributed by atoms with Crippen molar-refractivity contribution in [1.82, 2.24) is 15.1 Å². The summed E-state index contributed by atoms with van der Waals surface area (Å²) in [6.45, 7) is 13.1. The maximum absolute atomic E-state index is 14.1. The van der Waals surface area contributed by atoms with E-state index in [4.69, 9.17) is 19.9 Å². The zero-order valence-corrected chi connectivity index (χ0v) is 33.1. The number of nitrogens with two attached hydrogens (primary N) is 1. The Balaban J connectivity index is 2.28. The fourth-order valence-electron chi connectivity index (χ4n) is 6.87. The minimum atomic E-state index is -1.17. The van der Waals surface area contributed by atoms with Crippen LogP contribution in [0.3, 0.4) is 0 Å². The Labute approximate surface area is 310 Å². The van der Waals surface area contributed by atoms with E-state index in [0.717, 1.165) is 18.4 Å². The van der Waals surface area contributed by atoms with E-state index in [1.54, 1.807) is 37.6 Å². The minimum absolute atomic E-state index is 0.00158. The van der Waals surface area contributed by atoms with Crippen LogP contribution in [0.15, 0.2) is 35.3 Å². The van der Waals surface area contributed by atoms with E-state index >= 15 is 0 Å². The van der Waals surface area contributed by atoms with Gasteiger partial charge in [0.15, 0.2) is 0 Å². The first-order valence-electron chi connectivity index (χ1n) is 18.3. The van der Waals surface area contributed by atoms with Crippen molar-refractivity contribution in [3.05, 3.63) is 35.9 Å². The third-order valence-corrected chi connectivity index (χ3v) is 10.3. The molecule has 8 atom stereocenters. The van der Waals surface area contributed by atoms with Gasteiger partial charge in [-0.25, -0.2) is 9.79 Å². The summed E-state index contributed by atoms with van der Waals surface area (Å²) in [5.41, 5.74) is 5.62. The zero-order chi connectivity index (χ0) is 39.3. The average Bonchev–Trinajstić information content (AvgIpc) is 3.60. The van der Waals surface area contributed by atoms with Crippen LogP contribution in [-0.4, -0.2) is 116 Å². The Kier molecular flexibility index (Phi) is 17.6. The second-order valence-corrected chi connectivity index (χ2v) is 14.9. The van der Waals surface area contributed by atoms with Crippen molar-refractivity contribution in [1.29, 1.82) is 0 Å². The minimum Gasteiger partial charge on any atom is -0.467 e. The highest BCUT2D eigenvalue weighted by Gasteiger charge is 2.43. The largest absolute Gasteiger partial charge is 0.467 e. The first kappa shape index (κ1) is 44.5. The van der Waals surface area contributed by atoms with Crippen LogP contribution < -0.4 is 11.1 Å². The molecule has 0 saturated carbocycles. The molecule has 0 aliphatic carbocycles. The Morgan fingerprint density at radius 1 is 1.06 bits per heavy atom. The third-order valence-electron chi connectivity index (χ3n) is 10.3. The van der Waals surface area contributed by atoms with Gasteiger partial charge < -0.3 is 35.1 Å². The number of methoxy groups -OCH3 is 3. The molecule has 1 saturated heterocycles. The third kappa shape index (κ3) is 11.9. The highest BCUT2D eigenvalue weighted by Crippen LogP contribution is 2.30. The SMILES string of the molecule is CC[C@H](C)[C@@H]([C@@H](CC(=O)N1CCC[C@H]1[C@H](OC)[C@@H](C)C(=O)N[C@@H](Cc1ccccc1)C(=O)OC)OC)N(C)C(=O)C(C=NC(=O)C(C)(C)N)C(C)C. The maximum Gasteiger partial charge on any atom is 0.328 e. The molecule has 0 aromatic heterocycles. The van der Waals surface area contributed by atoms with Crippen molar-refractivity contribution in [2.24, 2.45) is 34.4 Å². The highest BCUT2D eigenvalue weighted by atomic mass is 16.5. The number of ether oxygens (including phenoxy) is 3. The zero-order valence-electron chi connectivity index (χ0n) is 33.1. The van der Waals surface area contributed by atoms with Gasteiger partial charge in [0.25, 0.3) is 5.91 Å². The van der Waals surface area contributed by atoms with Gasteiger partial charge in [-0.05, 0) is 44.1 Å². The molecule has 0 radical (unpaired) electrons. The molecular weight excluding hydrogens is 666 g/mol. The van der Waals surface area contributed by atoms with Crippen LogP contribution >= 0.6 is 0 Å². The van der Waals surface area contributed by atoms with Crippen molar-refractivity contribution in [2.45, 2.75) is 116 Å². The Morgan fingerprint density at radius 2 is 1.69 bits per heavy atom. The molecule has 3 N–H and O–H groups in total. The number of nitrogens with one attached hydrogen (secondary N) is 1. The van der Waals surface area contributed by atoms with Gasteiger partial charge in [-0.2, -0.15) is 0 Å². The van der Waals surface area contributed by atoms with Gasteiger partial charge in [-0.1, -0.05) is 71.4 Å². The molecule has 0 bridgehead atoms. The van der Waals surface area contributed by atoms with Crippen LogP contribution in [0.1, 0.15) is 79.7 Å². The maximum atomic E-state index is 14.1. The first-order chi connectivity index (χ1) is 24.4. The lowest BCUT2D eigenvalue weighted by Crippen LogP contribution is -2.55. The molecule has 292 valence electrons. The lowest BCUT2D eigenvalue weighted by molar-refractivity contribution is -0.148. The molecule has 4 amide bonds. The summed E-state index contributed by atoms with van der Waals surface area (Å²) in [5.74, 6) is -3.47. The fourth-order valence-corrected chi connectivity index (χ4v) is 6.87. The van der Waals surface area contributed by atoms with Gasteiger partial charge in [0.2, 0.25) is 17.7 Å². The van der Waals surface area contributed by atoms with E-state index < -0.39 is 59.6 Å². The Bertz CT molecular complexity index is 1360. The summed E-state index contributed by atoms with van der Waals surface area (Å²) in [4.78, 5) is 74.2. The van der Waals surface area contributed by atoms with E-state index in [2.05, 4.69) is 10.3 Å². The van der Waals surface area contributed by atoms with Crippen molar-refractivity contribution in [2.75, 3.05) is 34.9 Å². The molecule has 1 aliphatic heterocycles. The standard InChI is InChI=1S/C39H63N5O8/c1-12-25(4)33(43(8)36(47)28(24(2)3)23-41-38(49)39(6,7)40)31(50-9)22-32(45)44-20-16-19-30(44)34(51-10)26(5)35(46)42-29(37(48)52-11)21-27-17-14-13-15-18-27/h13-15,17-18,23-26,28-31,33-34H,12,16,19-22,40H2,1-11H3,(H,42,46)/t25-,26+,28?,29-,30-,31+,33-,34+/m0/s1. The second kappa shape index (κ2) is 20.5. The molecule has 1 aromatic carbocycles. The van der Waals surface area contributed by atoms with Crippen LogP contribution in [0.2, 0.25) is 0 Å². The molecule has 1 heterocycles. The number of likely N-dealkylation sites (N-methyl/N-ethyl adjacent to an activating group) is 1. The number of rotatable bonds is 19. The van der Waals surface area contributed by atoms with E-state index in [9.17, 15) is 24.0 Å². The van der Waals surface area contributed by atoms with Gasteiger partial charge in [-0.15, -0.1) is 0 Å². The molecule has 2 rings (SSSR count). The number of carbonyl (C=O) groups is 5. The molecule has 1 fully saturated rings. The molecule has 1 unspecified atom stereocenters. The number of carbonyl (C=O) groups excluding carboxylic acids is 5. The Hall–Kier alpha value is -3.68. The summed E-state index contributed by atoms with van der Waals surface area (Å²) in [7, 11) is 6.04. The van der Waals surface area contributed by atoms with Gasteiger partial charge >= 0.3 is 5.97 Å². The van der Waals surface area contributed by atoms with Crippen molar-refractivity contribution in [3.63, 3.8) is 0 Å². The fraction of sp³-hybridized carbons (Fsp3) is 0.692. The molecule has 1 aromatic rings. The number of hydrogen-bond donors (Lipinski definition) is 2. The van der Waals surface area contributed by atoms with Gasteiger partial charge in [0, 0.05) is 40.4 Å². The second-order valence-electron chi connectivity index (χ2n) is 14.9. The summed E-state index contributed by atoms with van der Waals surface area (Å²) in [5, 5.41) is 2.85. The number of benzene rings is 1. The normalized spacial score (nSPS) is 19.0. The molecule has 13 heteroatoms. The Morgan fingerprint density at radius 3 is 2.21 bits per heavy atom. The van der Waals surface area contributed by atoms with Gasteiger partial charge in [-0.3, -0.25) is 19.2 Å². The van der Waals surface area contributed by atoms with E-state index in [0.29, 0.717) is 13.0 Å². The molecular formula is C39H63N5O8. The number of amides is 4. The molecule has 1 aliphatic rings. The van der Waals surface area contributed by atoms with E-state index in [-0.39, 0.29) is 42.4 Å². The van der Waals surface area contributed by atoms with Crippen molar-refractivity contribution >= 4 is 35.8 Å². The van der Waals surface area contributed by atoms with E-state index in [1.165, 1.54) is 27.5 Å². The quantitative estimate of drug-likeness (QED) is 0.160. The average molecular weight is 730 g/mol. The monoisotopic (exact) mass is 729 g/mol. The van der Waals surface area contributed by atoms with Crippen LogP contribution in [0.5, 0.6) is 0 Å². The van der Waals surface area contributed by atoms with Gasteiger partial charge in [0.05, 0.1) is 55.2 Å².